The maximum Gasteiger partial charge on any atom is 0.126 e. The molecule has 4 nitrogen and oxygen atoms in total. The lowest BCUT2D eigenvalue weighted by Gasteiger charge is -2.13. The SMILES string of the molecule is Cc1nc(C)c(C(C)Nc2ccc(N)cn2)s1. The fourth-order valence-electron chi connectivity index (χ4n) is 1.73. The lowest BCUT2D eigenvalue weighted by Crippen LogP contribution is -2.07. The number of nitrogens with two attached hydrogens (primary N) is 1. The Morgan fingerprint density at radius 2 is 2.12 bits per heavy atom. The summed E-state index contributed by atoms with van der Waals surface area (Å²) in [6, 6.07) is 3.93. The highest BCUT2D eigenvalue weighted by Gasteiger charge is 2.12. The Morgan fingerprint density at radius 3 is 2.65 bits per heavy atom. The van der Waals surface area contributed by atoms with Gasteiger partial charge in [0.25, 0.3) is 0 Å². The molecule has 0 aliphatic carbocycles. The third-order valence-corrected chi connectivity index (χ3v) is 3.74. The summed E-state index contributed by atoms with van der Waals surface area (Å²) >= 11 is 1.72. The van der Waals surface area contributed by atoms with E-state index in [0.717, 1.165) is 16.5 Å². The van der Waals surface area contributed by atoms with Gasteiger partial charge in [0, 0.05) is 4.88 Å². The van der Waals surface area contributed by atoms with E-state index in [0.29, 0.717) is 5.69 Å². The lowest BCUT2D eigenvalue weighted by molar-refractivity contribution is 0.880. The Bertz CT molecular complexity index is 504. The second kappa shape index (κ2) is 4.71. The molecule has 0 aliphatic rings. The summed E-state index contributed by atoms with van der Waals surface area (Å²) in [5.74, 6) is 0.831. The van der Waals surface area contributed by atoms with Crippen LogP contribution in [0.5, 0.6) is 0 Å². The zero-order chi connectivity index (χ0) is 12.4. The predicted octanol–water partition coefficient (Wildman–Crippen LogP) is 2.91. The highest BCUT2D eigenvalue weighted by Crippen LogP contribution is 2.26. The van der Waals surface area contributed by atoms with Gasteiger partial charge in [0.2, 0.25) is 0 Å². The molecule has 0 saturated heterocycles. The molecule has 0 radical (unpaired) electrons. The third kappa shape index (κ3) is 2.74. The van der Waals surface area contributed by atoms with Crippen molar-refractivity contribution in [3.05, 3.63) is 33.9 Å². The predicted molar refractivity (Wildman–Crippen MR) is 72.3 cm³/mol. The molecule has 90 valence electrons. The molecule has 1 unspecified atom stereocenters. The molecule has 2 rings (SSSR count). The van der Waals surface area contributed by atoms with E-state index in [-0.39, 0.29) is 6.04 Å². The first kappa shape index (κ1) is 11.9. The van der Waals surface area contributed by atoms with Crippen LogP contribution in [0.2, 0.25) is 0 Å². The number of aromatic nitrogens is 2. The van der Waals surface area contributed by atoms with Gasteiger partial charge in [-0.1, -0.05) is 0 Å². The molecule has 0 fully saturated rings. The fourth-order valence-corrected chi connectivity index (χ4v) is 2.66. The van der Waals surface area contributed by atoms with Crippen molar-refractivity contribution in [1.29, 1.82) is 0 Å². The summed E-state index contributed by atoms with van der Waals surface area (Å²) in [6.07, 6.45) is 1.65. The van der Waals surface area contributed by atoms with Crippen LogP contribution in [-0.2, 0) is 0 Å². The van der Waals surface area contributed by atoms with Crippen molar-refractivity contribution in [2.45, 2.75) is 26.8 Å². The normalized spacial score (nSPS) is 12.4. The van der Waals surface area contributed by atoms with E-state index in [1.54, 1.807) is 17.5 Å². The molecule has 1 atom stereocenters. The number of nitrogens with one attached hydrogen (secondary N) is 1. The summed E-state index contributed by atoms with van der Waals surface area (Å²) in [6.45, 7) is 6.17. The van der Waals surface area contributed by atoms with Crippen molar-refractivity contribution in [3.63, 3.8) is 0 Å². The number of rotatable bonds is 3. The Labute approximate surface area is 105 Å². The van der Waals surface area contributed by atoms with Crippen molar-refractivity contribution in [1.82, 2.24) is 9.97 Å². The zero-order valence-electron chi connectivity index (χ0n) is 10.2. The summed E-state index contributed by atoms with van der Waals surface area (Å²) in [4.78, 5) is 9.91. The van der Waals surface area contributed by atoms with Gasteiger partial charge < -0.3 is 11.1 Å². The molecule has 0 amide bonds. The summed E-state index contributed by atoms with van der Waals surface area (Å²) in [5, 5.41) is 4.44. The first-order valence-corrected chi connectivity index (χ1v) is 6.30. The Morgan fingerprint density at radius 1 is 1.35 bits per heavy atom. The van der Waals surface area contributed by atoms with Crippen molar-refractivity contribution in [2.75, 3.05) is 11.1 Å². The Balaban J connectivity index is 2.14. The molecule has 17 heavy (non-hydrogen) atoms. The molecule has 2 aromatic heterocycles. The van der Waals surface area contributed by atoms with E-state index in [2.05, 4.69) is 22.2 Å². The lowest BCUT2D eigenvalue weighted by atomic mass is 10.2. The van der Waals surface area contributed by atoms with Crippen LogP contribution in [0.25, 0.3) is 0 Å². The molecule has 0 bridgehead atoms. The minimum atomic E-state index is 0.206. The monoisotopic (exact) mass is 248 g/mol. The van der Waals surface area contributed by atoms with Crippen LogP contribution < -0.4 is 11.1 Å². The average molecular weight is 248 g/mol. The van der Waals surface area contributed by atoms with Gasteiger partial charge in [-0.05, 0) is 32.9 Å². The fraction of sp³-hybridized carbons (Fsp3) is 0.333. The number of hydrogen-bond acceptors (Lipinski definition) is 5. The van der Waals surface area contributed by atoms with Crippen molar-refractivity contribution < 1.29 is 0 Å². The first-order chi connectivity index (χ1) is 8.06. The number of nitrogens with zero attached hydrogens (tertiary/aromatic N) is 2. The van der Waals surface area contributed by atoms with Gasteiger partial charge in [0.15, 0.2) is 0 Å². The Kier molecular flexibility index (Phi) is 3.28. The van der Waals surface area contributed by atoms with Gasteiger partial charge in [-0.25, -0.2) is 9.97 Å². The van der Waals surface area contributed by atoms with Crippen LogP contribution in [0.15, 0.2) is 18.3 Å². The van der Waals surface area contributed by atoms with Gasteiger partial charge in [0.1, 0.15) is 5.82 Å². The van der Waals surface area contributed by atoms with Crippen molar-refractivity contribution in [3.8, 4) is 0 Å². The summed E-state index contributed by atoms with van der Waals surface area (Å²) < 4.78 is 0. The summed E-state index contributed by atoms with van der Waals surface area (Å²) in [5.41, 5.74) is 7.36. The standard InChI is InChI=1S/C12H16N4S/c1-7-12(17-9(3)15-7)8(2)16-11-5-4-10(13)6-14-11/h4-6,8H,13H2,1-3H3,(H,14,16). The smallest absolute Gasteiger partial charge is 0.126 e. The van der Waals surface area contributed by atoms with Gasteiger partial charge in [0.05, 0.1) is 28.6 Å². The quantitative estimate of drug-likeness (QED) is 0.876. The number of nitrogen functional groups attached to an aromatic ring is 1. The van der Waals surface area contributed by atoms with E-state index in [1.807, 2.05) is 26.0 Å². The van der Waals surface area contributed by atoms with Crippen LogP contribution >= 0.6 is 11.3 Å². The number of aryl methyl sites for hydroxylation is 2. The molecule has 3 N–H and O–H groups in total. The third-order valence-electron chi connectivity index (χ3n) is 2.48. The van der Waals surface area contributed by atoms with E-state index < -0.39 is 0 Å². The largest absolute Gasteiger partial charge is 0.397 e. The van der Waals surface area contributed by atoms with Crippen molar-refractivity contribution in [2.24, 2.45) is 0 Å². The minimum absolute atomic E-state index is 0.206. The first-order valence-electron chi connectivity index (χ1n) is 5.48. The van der Waals surface area contributed by atoms with Crippen LogP contribution in [0.3, 0.4) is 0 Å². The van der Waals surface area contributed by atoms with Crippen LogP contribution in [0.1, 0.15) is 28.5 Å². The number of hydrogen-bond donors (Lipinski definition) is 2. The maximum absolute atomic E-state index is 5.60. The average Bonchev–Trinajstić information content (AvgIpc) is 2.61. The van der Waals surface area contributed by atoms with E-state index >= 15 is 0 Å². The molecule has 0 aromatic carbocycles. The van der Waals surface area contributed by atoms with Crippen LogP contribution in [0, 0.1) is 13.8 Å². The van der Waals surface area contributed by atoms with Gasteiger partial charge in [-0.15, -0.1) is 11.3 Å². The topological polar surface area (TPSA) is 63.8 Å². The second-order valence-electron chi connectivity index (χ2n) is 4.03. The van der Waals surface area contributed by atoms with Crippen LogP contribution in [-0.4, -0.2) is 9.97 Å². The number of thiazole rings is 1. The second-order valence-corrected chi connectivity index (χ2v) is 5.26. The van der Waals surface area contributed by atoms with Gasteiger partial charge in [-0.2, -0.15) is 0 Å². The van der Waals surface area contributed by atoms with Crippen molar-refractivity contribution >= 4 is 22.8 Å². The van der Waals surface area contributed by atoms with Gasteiger partial charge in [-0.3, -0.25) is 0 Å². The van der Waals surface area contributed by atoms with Crippen LogP contribution in [0.4, 0.5) is 11.5 Å². The molecular formula is C12H16N4S. The molecule has 2 aromatic rings. The molecule has 0 saturated carbocycles. The highest BCUT2D eigenvalue weighted by atomic mass is 32.1. The Hall–Kier alpha value is -1.62. The zero-order valence-corrected chi connectivity index (χ0v) is 11.0. The summed E-state index contributed by atoms with van der Waals surface area (Å²) in [7, 11) is 0. The molecule has 0 spiro atoms. The highest BCUT2D eigenvalue weighted by molar-refractivity contribution is 7.11. The van der Waals surface area contributed by atoms with E-state index in [4.69, 9.17) is 5.73 Å². The maximum atomic E-state index is 5.60. The molecule has 5 heteroatoms. The van der Waals surface area contributed by atoms with E-state index in [1.165, 1.54) is 4.88 Å². The molecular weight excluding hydrogens is 232 g/mol. The minimum Gasteiger partial charge on any atom is -0.397 e. The number of anilines is 2. The van der Waals surface area contributed by atoms with E-state index in [9.17, 15) is 0 Å². The van der Waals surface area contributed by atoms with Gasteiger partial charge >= 0.3 is 0 Å². The number of pyridine rings is 1. The molecule has 2 heterocycles. The molecule has 0 aliphatic heterocycles.